The highest BCUT2D eigenvalue weighted by atomic mass is 16.6. The highest BCUT2D eigenvalue weighted by Gasteiger charge is 2.42. The number of nitrogens with two attached hydrogens (primary N) is 1. The topological polar surface area (TPSA) is 113 Å². The molecule has 1 aliphatic rings. The normalized spacial score (nSPS) is 16.4. The van der Waals surface area contributed by atoms with Gasteiger partial charge >= 0.3 is 0 Å². The summed E-state index contributed by atoms with van der Waals surface area (Å²) in [6.45, 7) is 0.0150. The SMILES string of the molecule is NNc1cc(NC2(CO)CC2)cc([N+](=O)[O-])c1. The first-order valence-corrected chi connectivity index (χ1v) is 5.24. The number of hydrogen-bond acceptors (Lipinski definition) is 6. The van der Waals surface area contributed by atoms with Crippen molar-refractivity contribution in [2.24, 2.45) is 5.84 Å². The summed E-state index contributed by atoms with van der Waals surface area (Å²) in [7, 11) is 0. The van der Waals surface area contributed by atoms with Crippen LogP contribution in [0.4, 0.5) is 17.1 Å². The molecule has 1 fully saturated rings. The van der Waals surface area contributed by atoms with E-state index in [0.29, 0.717) is 11.4 Å². The number of nitrogens with one attached hydrogen (secondary N) is 2. The number of benzene rings is 1. The quantitative estimate of drug-likeness (QED) is 0.343. The van der Waals surface area contributed by atoms with E-state index < -0.39 is 4.92 Å². The van der Waals surface area contributed by atoms with E-state index >= 15 is 0 Å². The fourth-order valence-electron chi connectivity index (χ4n) is 1.65. The maximum atomic E-state index is 10.7. The molecular weight excluding hydrogens is 224 g/mol. The number of nitro benzene ring substituents is 1. The number of hydrogen-bond donors (Lipinski definition) is 4. The van der Waals surface area contributed by atoms with E-state index in [1.807, 2.05) is 0 Å². The van der Waals surface area contributed by atoms with Gasteiger partial charge in [-0.1, -0.05) is 0 Å². The molecule has 0 aromatic heterocycles. The standard InChI is InChI=1S/C10H14N4O3/c11-13-8-3-7(4-9(5-8)14(16)17)12-10(6-15)1-2-10/h3-5,12-13,15H,1-2,6,11H2. The first-order valence-electron chi connectivity index (χ1n) is 5.24. The smallest absolute Gasteiger partial charge is 0.273 e. The van der Waals surface area contributed by atoms with Crippen molar-refractivity contribution < 1.29 is 10.0 Å². The van der Waals surface area contributed by atoms with Crippen LogP contribution in [0.5, 0.6) is 0 Å². The molecule has 2 rings (SSSR count). The van der Waals surface area contributed by atoms with Gasteiger partial charge in [0.05, 0.1) is 22.8 Å². The Bertz CT molecular complexity index is 445. The lowest BCUT2D eigenvalue weighted by Gasteiger charge is -2.16. The Morgan fingerprint density at radius 2 is 2.06 bits per heavy atom. The largest absolute Gasteiger partial charge is 0.394 e. The molecule has 1 aliphatic carbocycles. The van der Waals surface area contributed by atoms with Crippen molar-refractivity contribution in [1.29, 1.82) is 0 Å². The minimum atomic E-state index is -0.482. The molecule has 0 heterocycles. The van der Waals surface area contributed by atoms with E-state index in [9.17, 15) is 15.2 Å². The van der Waals surface area contributed by atoms with Gasteiger partial charge in [0.25, 0.3) is 5.69 Å². The average Bonchev–Trinajstić information content (AvgIpc) is 3.09. The predicted molar refractivity (Wildman–Crippen MR) is 63.6 cm³/mol. The van der Waals surface area contributed by atoms with E-state index in [4.69, 9.17) is 5.84 Å². The zero-order chi connectivity index (χ0) is 12.5. The van der Waals surface area contributed by atoms with Gasteiger partial charge in [-0.05, 0) is 18.9 Å². The molecule has 0 saturated heterocycles. The number of nitro groups is 1. The maximum absolute atomic E-state index is 10.7. The molecule has 0 unspecified atom stereocenters. The van der Waals surface area contributed by atoms with Gasteiger partial charge in [-0.25, -0.2) is 0 Å². The molecule has 0 amide bonds. The number of anilines is 2. The molecule has 0 spiro atoms. The van der Waals surface area contributed by atoms with Gasteiger partial charge in [0.2, 0.25) is 0 Å². The monoisotopic (exact) mass is 238 g/mol. The second kappa shape index (κ2) is 4.19. The molecule has 0 atom stereocenters. The van der Waals surface area contributed by atoms with Crippen LogP contribution in [0, 0.1) is 10.1 Å². The average molecular weight is 238 g/mol. The number of rotatable bonds is 5. The first kappa shape index (κ1) is 11.6. The molecule has 1 aromatic rings. The fraction of sp³-hybridized carbons (Fsp3) is 0.400. The van der Waals surface area contributed by atoms with Crippen molar-refractivity contribution in [2.45, 2.75) is 18.4 Å². The predicted octanol–water partition coefficient (Wildman–Crippen LogP) is 0.817. The van der Waals surface area contributed by atoms with Crippen LogP contribution in [0.1, 0.15) is 12.8 Å². The van der Waals surface area contributed by atoms with Crippen LogP contribution in [-0.2, 0) is 0 Å². The van der Waals surface area contributed by atoms with Crippen LogP contribution >= 0.6 is 0 Å². The minimum Gasteiger partial charge on any atom is -0.394 e. The Morgan fingerprint density at radius 3 is 2.53 bits per heavy atom. The summed E-state index contributed by atoms with van der Waals surface area (Å²) in [4.78, 5) is 10.3. The van der Waals surface area contributed by atoms with Gasteiger partial charge in [-0.3, -0.25) is 16.0 Å². The van der Waals surface area contributed by atoms with Crippen LogP contribution in [0.2, 0.25) is 0 Å². The van der Waals surface area contributed by atoms with Crippen molar-refractivity contribution in [3.05, 3.63) is 28.3 Å². The Hall–Kier alpha value is -1.86. The molecule has 1 saturated carbocycles. The molecule has 7 nitrogen and oxygen atoms in total. The minimum absolute atomic E-state index is 0.0150. The third-order valence-electron chi connectivity index (χ3n) is 2.86. The highest BCUT2D eigenvalue weighted by Crippen LogP contribution is 2.39. The molecule has 17 heavy (non-hydrogen) atoms. The molecule has 0 aliphatic heterocycles. The second-order valence-electron chi connectivity index (χ2n) is 4.23. The molecule has 7 heteroatoms. The van der Waals surface area contributed by atoms with Crippen molar-refractivity contribution >= 4 is 17.1 Å². The molecular formula is C10H14N4O3. The summed E-state index contributed by atoms with van der Waals surface area (Å²) in [5.41, 5.74) is 3.05. The summed E-state index contributed by atoms with van der Waals surface area (Å²) >= 11 is 0. The van der Waals surface area contributed by atoms with E-state index in [-0.39, 0.29) is 17.8 Å². The van der Waals surface area contributed by atoms with Crippen LogP contribution in [0.3, 0.4) is 0 Å². The van der Waals surface area contributed by atoms with Gasteiger partial charge in [-0.2, -0.15) is 0 Å². The summed E-state index contributed by atoms with van der Waals surface area (Å²) < 4.78 is 0. The number of nitrogens with zero attached hydrogens (tertiary/aromatic N) is 1. The van der Waals surface area contributed by atoms with Gasteiger partial charge in [-0.15, -0.1) is 0 Å². The number of aliphatic hydroxyl groups is 1. The van der Waals surface area contributed by atoms with Crippen LogP contribution < -0.4 is 16.6 Å². The highest BCUT2D eigenvalue weighted by molar-refractivity contribution is 5.64. The van der Waals surface area contributed by atoms with Gasteiger partial charge in [0.1, 0.15) is 0 Å². The van der Waals surface area contributed by atoms with Crippen molar-refractivity contribution in [3.63, 3.8) is 0 Å². The molecule has 0 radical (unpaired) electrons. The summed E-state index contributed by atoms with van der Waals surface area (Å²) in [5.74, 6) is 5.25. The lowest BCUT2D eigenvalue weighted by Crippen LogP contribution is -2.25. The summed E-state index contributed by atoms with van der Waals surface area (Å²) in [6.07, 6.45) is 1.72. The summed E-state index contributed by atoms with van der Waals surface area (Å²) in [5, 5.41) is 23.0. The van der Waals surface area contributed by atoms with E-state index in [0.717, 1.165) is 12.8 Å². The van der Waals surface area contributed by atoms with Crippen LogP contribution in [0.15, 0.2) is 18.2 Å². The van der Waals surface area contributed by atoms with Crippen molar-refractivity contribution in [3.8, 4) is 0 Å². The number of aliphatic hydroxyl groups excluding tert-OH is 1. The van der Waals surface area contributed by atoms with E-state index in [1.165, 1.54) is 12.1 Å². The van der Waals surface area contributed by atoms with E-state index in [1.54, 1.807) is 6.07 Å². The van der Waals surface area contributed by atoms with Gasteiger partial charge in [0.15, 0.2) is 0 Å². The van der Waals surface area contributed by atoms with Crippen molar-refractivity contribution in [1.82, 2.24) is 0 Å². The zero-order valence-electron chi connectivity index (χ0n) is 9.14. The molecule has 1 aromatic carbocycles. The Labute approximate surface area is 97.7 Å². The third kappa shape index (κ3) is 2.45. The van der Waals surface area contributed by atoms with Crippen LogP contribution in [0.25, 0.3) is 0 Å². The summed E-state index contributed by atoms with van der Waals surface area (Å²) in [6, 6.07) is 4.45. The third-order valence-corrected chi connectivity index (χ3v) is 2.86. The van der Waals surface area contributed by atoms with Gasteiger partial charge in [0, 0.05) is 17.8 Å². The van der Waals surface area contributed by atoms with Gasteiger partial charge < -0.3 is 15.8 Å². The molecule has 5 N–H and O–H groups in total. The first-order chi connectivity index (χ1) is 8.08. The van der Waals surface area contributed by atoms with Crippen LogP contribution in [-0.4, -0.2) is 22.2 Å². The van der Waals surface area contributed by atoms with Crippen molar-refractivity contribution in [2.75, 3.05) is 17.3 Å². The number of hydrazine groups is 1. The lowest BCUT2D eigenvalue weighted by atomic mass is 10.2. The second-order valence-corrected chi connectivity index (χ2v) is 4.23. The molecule has 0 bridgehead atoms. The number of nitrogen functional groups attached to an aromatic ring is 1. The number of non-ortho nitro benzene ring substituents is 1. The maximum Gasteiger partial charge on any atom is 0.273 e. The lowest BCUT2D eigenvalue weighted by molar-refractivity contribution is -0.384. The Balaban J connectivity index is 2.26. The Morgan fingerprint density at radius 1 is 1.41 bits per heavy atom. The fourth-order valence-corrected chi connectivity index (χ4v) is 1.65. The zero-order valence-corrected chi connectivity index (χ0v) is 9.14. The van der Waals surface area contributed by atoms with E-state index in [2.05, 4.69) is 10.7 Å². The molecule has 92 valence electrons. The Kier molecular flexibility index (Phi) is 2.86.